The van der Waals surface area contributed by atoms with Gasteiger partial charge < -0.3 is 10.1 Å². The third-order valence-electron chi connectivity index (χ3n) is 4.07. The number of nitriles is 1. The van der Waals surface area contributed by atoms with Crippen LogP contribution < -0.4 is 5.32 Å². The second kappa shape index (κ2) is 7.02. The Morgan fingerprint density at radius 3 is 2.88 bits per heavy atom. The van der Waals surface area contributed by atoms with E-state index in [9.17, 15) is 18.5 Å². The predicted molar refractivity (Wildman–Crippen MR) is 97.4 cm³/mol. The molecule has 0 aromatic heterocycles. The fraction of sp³-hybridized carbons (Fsp3) is 0.158. The second-order valence-electron chi connectivity index (χ2n) is 5.75. The maximum absolute atomic E-state index is 12.4. The van der Waals surface area contributed by atoms with Crippen molar-refractivity contribution in [2.45, 2.75) is 17.7 Å². The summed E-state index contributed by atoms with van der Waals surface area (Å²) in [6, 6.07) is 6.47. The normalized spacial score (nSPS) is 17.6. The van der Waals surface area contributed by atoms with Gasteiger partial charge >= 0.3 is 0 Å². The van der Waals surface area contributed by atoms with Crippen LogP contribution in [-0.2, 0) is 19.4 Å². The largest absolute Gasteiger partial charge is 0.500 e. The first-order valence-electron chi connectivity index (χ1n) is 7.88. The summed E-state index contributed by atoms with van der Waals surface area (Å²) in [5.74, 6) is 0.0977. The highest BCUT2D eigenvalue weighted by Gasteiger charge is 2.21. The van der Waals surface area contributed by atoms with Crippen LogP contribution in [0.25, 0.3) is 6.08 Å². The van der Waals surface area contributed by atoms with Crippen LogP contribution in [0.2, 0.25) is 0 Å². The molecule has 6 nitrogen and oxygen atoms in total. The van der Waals surface area contributed by atoms with Crippen molar-refractivity contribution in [2.24, 2.45) is 0 Å². The van der Waals surface area contributed by atoms with Gasteiger partial charge in [-0.05, 0) is 36.3 Å². The Hall–Kier alpha value is -3.11. The SMILES string of the molecule is COC1=C(/C=C(\C#N)C(=O)Nc2ccc3c(c2)S(=O)(=O)C=C3)C=CCC1. The number of amides is 1. The Labute approximate surface area is 151 Å². The monoisotopic (exact) mass is 368 g/mol. The molecule has 0 bridgehead atoms. The number of ether oxygens (including phenoxy) is 1. The molecule has 1 amide bonds. The lowest BCUT2D eigenvalue weighted by Gasteiger charge is -2.12. The van der Waals surface area contributed by atoms with E-state index < -0.39 is 15.7 Å². The number of carbonyl (C=O) groups is 1. The van der Waals surface area contributed by atoms with E-state index in [0.29, 0.717) is 29.0 Å². The summed E-state index contributed by atoms with van der Waals surface area (Å²) in [4.78, 5) is 12.6. The highest BCUT2D eigenvalue weighted by Crippen LogP contribution is 2.29. The van der Waals surface area contributed by atoms with Gasteiger partial charge in [0, 0.05) is 23.1 Å². The number of nitrogens with zero attached hydrogens (tertiary/aromatic N) is 1. The van der Waals surface area contributed by atoms with Crippen molar-refractivity contribution in [3.05, 3.63) is 64.3 Å². The molecule has 0 saturated carbocycles. The summed E-state index contributed by atoms with van der Waals surface area (Å²) >= 11 is 0. The molecule has 0 spiro atoms. The van der Waals surface area contributed by atoms with Crippen molar-refractivity contribution in [1.29, 1.82) is 5.26 Å². The number of nitrogens with one attached hydrogen (secondary N) is 1. The van der Waals surface area contributed by atoms with Crippen LogP contribution in [0.15, 0.2) is 63.6 Å². The number of fused-ring (bicyclic) bond motifs is 1. The maximum Gasteiger partial charge on any atom is 0.266 e. The Kier molecular flexibility index (Phi) is 4.78. The van der Waals surface area contributed by atoms with E-state index >= 15 is 0 Å². The number of allylic oxidation sites excluding steroid dienone is 5. The van der Waals surface area contributed by atoms with Gasteiger partial charge in [0.05, 0.1) is 12.0 Å². The van der Waals surface area contributed by atoms with E-state index in [1.165, 1.54) is 18.2 Å². The maximum atomic E-state index is 12.4. The van der Waals surface area contributed by atoms with Gasteiger partial charge in [0.25, 0.3) is 5.91 Å². The van der Waals surface area contributed by atoms with Gasteiger partial charge in [-0.2, -0.15) is 5.26 Å². The highest BCUT2D eigenvalue weighted by atomic mass is 32.2. The molecule has 1 aromatic rings. The zero-order chi connectivity index (χ0) is 18.7. The lowest BCUT2D eigenvalue weighted by atomic mass is 10.0. The summed E-state index contributed by atoms with van der Waals surface area (Å²) in [5, 5.41) is 13.0. The quantitative estimate of drug-likeness (QED) is 0.651. The van der Waals surface area contributed by atoms with E-state index in [0.717, 1.165) is 11.8 Å². The summed E-state index contributed by atoms with van der Waals surface area (Å²) < 4.78 is 29.1. The molecule has 1 heterocycles. The van der Waals surface area contributed by atoms with E-state index in [4.69, 9.17) is 4.74 Å². The number of benzene rings is 1. The molecule has 0 fully saturated rings. The van der Waals surface area contributed by atoms with Gasteiger partial charge in [-0.25, -0.2) is 8.42 Å². The number of anilines is 1. The molecule has 0 saturated heterocycles. The van der Waals surface area contributed by atoms with Crippen LogP contribution in [0.5, 0.6) is 0 Å². The smallest absolute Gasteiger partial charge is 0.266 e. The minimum Gasteiger partial charge on any atom is -0.500 e. The van der Waals surface area contributed by atoms with Crippen LogP contribution in [0.3, 0.4) is 0 Å². The molecular formula is C19H16N2O4S. The topological polar surface area (TPSA) is 96.3 Å². The average Bonchev–Trinajstić information content (AvgIpc) is 2.94. The summed E-state index contributed by atoms with van der Waals surface area (Å²) in [6.07, 6.45) is 8.27. The van der Waals surface area contributed by atoms with Gasteiger partial charge in [0.15, 0.2) is 0 Å². The zero-order valence-electron chi connectivity index (χ0n) is 14.0. The lowest BCUT2D eigenvalue weighted by Crippen LogP contribution is -2.14. The molecule has 1 aliphatic carbocycles. The molecule has 3 rings (SSSR count). The molecular weight excluding hydrogens is 352 g/mol. The van der Waals surface area contributed by atoms with Crippen molar-refractivity contribution in [3.63, 3.8) is 0 Å². The minimum absolute atomic E-state index is 0.0948. The number of hydrogen-bond acceptors (Lipinski definition) is 5. The Bertz CT molecular complexity index is 1040. The third kappa shape index (κ3) is 3.46. The van der Waals surface area contributed by atoms with Crippen LogP contribution in [0.1, 0.15) is 18.4 Å². The Morgan fingerprint density at radius 2 is 2.15 bits per heavy atom. The molecule has 1 aromatic carbocycles. The molecule has 0 radical (unpaired) electrons. The lowest BCUT2D eigenvalue weighted by molar-refractivity contribution is -0.112. The van der Waals surface area contributed by atoms with Crippen molar-refractivity contribution < 1.29 is 17.9 Å². The van der Waals surface area contributed by atoms with Crippen LogP contribution in [0, 0.1) is 11.3 Å². The van der Waals surface area contributed by atoms with Crippen LogP contribution in [-0.4, -0.2) is 21.4 Å². The standard InChI is InChI=1S/C19H16N2O4S/c1-25-17-5-3-2-4-14(17)10-15(12-20)19(22)21-16-7-6-13-8-9-26(23,24)18(13)11-16/h2,4,6-11H,3,5H2,1H3,(H,21,22)/b15-10+. The van der Waals surface area contributed by atoms with Gasteiger partial charge in [-0.1, -0.05) is 18.2 Å². The molecule has 26 heavy (non-hydrogen) atoms. The Balaban J connectivity index is 1.86. The van der Waals surface area contributed by atoms with E-state index in [2.05, 4.69) is 5.32 Å². The molecule has 132 valence electrons. The summed E-state index contributed by atoms with van der Waals surface area (Å²) in [6.45, 7) is 0. The number of hydrogen-bond donors (Lipinski definition) is 1. The number of sulfone groups is 1. The van der Waals surface area contributed by atoms with Gasteiger partial charge in [0.1, 0.15) is 17.4 Å². The third-order valence-corrected chi connectivity index (χ3v) is 5.53. The zero-order valence-corrected chi connectivity index (χ0v) is 14.8. The van der Waals surface area contributed by atoms with Crippen LogP contribution >= 0.6 is 0 Å². The van der Waals surface area contributed by atoms with Gasteiger partial charge in [-0.3, -0.25) is 4.79 Å². The molecule has 0 unspecified atom stereocenters. The number of methoxy groups -OCH3 is 1. The average molecular weight is 368 g/mol. The van der Waals surface area contributed by atoms with E-state index in [-0.39, 0.29) is 10.5 Å². The van der Waals surface area contributed by atoms with Crippen LogP contribution in [0.4, 0.5) is 5.69 Å². The first kappa shape index (κ1) is 17.7. The molecule has 2 aliphatic rings. The van der Waals surface area contributed by atoms with Crippen molar-refractivity contribution >= 4 is 27.5 Å². The molecule has 1 N–H and O–H groups in total. The van der Waals surface area contributed by atoms with Gasteiger partial charge in [-0.15, -0.1) is 0 Å². The molecule has 0 atom stereocenters. The first-order chi connectivity index (χ1) is 12.4. The van der Waals surface area contributed by atoms with E-state index in [1.54, 1.807) is 25.3 Å². The van der Waals surface area contributed by atoms with Gasteiger partial charge in [0.2, 0.25) is 9.84 Å². The minimum atomic E-state index is -3.47. The number of rotatable bonds is 4. The summed E-state index contributed by atoms with van der Waals surface area (Å²) in [7, 11) is -1.92. The van der Waals surface area contributed by atoms with E-state index in [1.807, 2.05) is 12.1 Å². The summed E-state index contributed by atoms with van der Waals surface area (Å²) in [5.41, 5.74) is 1.46. The second-order valence-corrected chi connectivity index (χ2v) is 7.55. The predicted octanol–water partition coefficient (Wildman–Crippen LogP) is 3.08. The highest BCUT2D eigenvalue weighted by molar-refractivity contribution is 7.94. The fourth-order valence-corrected chi connectivity index (χ4v) is 3.97. The molecule has 1 aliphatic heterocycles. The molecule has 7 heteroatoms. The van der Waals surface area contributed by atoms with Crippen molar-refractivity contribution in [3.8, 4) is 6.07 Å². The van der Waals surface area contributed by atoms with Crippen molar-refractivity contribution in [2.75, 3.05) is 12.4 Å². The van der Waals surface area contributed by atoms with Crippen molar-refractivity contribution in [1.82, 2.24) is 0 Å². The fourth-order valence-electron chi connectivity index (χ4n) is 2.75. The Morgan fingerprint density at radius 1 is 1.35 bits per heavy atom. The first-order valence-corrected chi connectivity index (χ1v) is 9.43. The number of carbonyl (C=O) groups excluding carboxylic acids is 1.